The zero-order chi connectivity index (χ0) is 13.4. The van der Waals surface area contributed by atoms with Crippen LogP contribution in [0.25, 0.3) is 0 Å². The number of carbonyl (C=O) groups is 1. The van der Waals surface area contributed by atoms with Crippen LogP contribution in [0.1, 0.15) is 24.8 Å². The monoisotopic (exact) mass is 246 g/mol. The molecular weight excluding hydrogens is 228 g/mol. The summed E-state index contributed by atoms with van der Waals surface area (Å²) in [6.45, 7) is 0.802. The van der Waals surface area contributed by atoms with Crippen LogP contribution in [0.5, 0.6) is 0 Å². The van der Waals surface area contributed by atoms with Gasteiger partial charge in [0.05, 0.1) is 11.3 Å². The fourth-order valence-electron chi connectivity index (χ4n) is 1.73. The minimum Gasteiger partial charge on any atom is -0.374 e. The van der Waals surface area contributed by atoms with Crippen LogP contribution in [0.15, 0.2) is 24.3 Å². The highest BCUT2D eigenvalue weighted by Crippen LogP contribution is 2.18. The Bertz CT molecular complexity index is 439. The lowest BCUT2D eigenvalue weighted by molar-refractivity contribution is -0.121. The molecule has 1 aromatic carbocycles. The van der Waals surface area contributed by atoms with Crippen molar-refractivity contribution in [3.8, 4) is 6.07 Å². The van der Waals surface area contributed by atoms with Crippen LogP contribution in [0.3, 0.4) is 0 Å². The zero-order valence-electron chi connectivity index (χ0n) is 10.5. The molecule has 96 valence electrons. The summed E-state index contributed by atoms with van der Waals surface area (Å²) in [6, 6.07) is 9.65. The molecule has 0 heterocycles. The van der Waals surface area contributed by atoms with Gasteiger partial charge in [-0.25, -0.2) is 5.84 Å². The van der Waals surface area contributed by atoms with E-state index in [4.69, 9.17) is 11.1 Å². The SMILES string of the molecule is CN(CCCCC(=O)NN)c1ccccc1C#N. The molecule has 0 bridgehead atoms. The number of benzene rings is 1. The van der Waals surface area contributed by atoms with Crippen LogP contribution in [0.4, 0.5) is 5.69 Å². The largest absolute Gasteiger partial charge is 0.374 e. The molecule has 0 aromatic heterocycles. The number of nitriles is 1. The van der Waals surface area contributed by atoms with E-state index in [1.54, 1.807) is 6.07 Å². The van der Waals surface area contributed by atoms with E-state index in [0.29, 0.717) is 12.0 Å². The Morgan fingerprint density at radius 3 is 2.83 bits per heavy atom. The van der Waals surface area contributed by atoms with E-state index in [-0.39, 0.29) is 5.91 Å². The van der Waals surface area contributed by atoms with Gasteiger partial charge in [0, 0.05) is 20.0 Å². The molecule has 1 aromatic rings. The summed E-state index contributed by atoms with van der Waals surface area (Å²) >= 11 is 0. The van der Waals surface area contributed by atoms with E-state index in [1.807, 2.05) is 30.1 Å². The van der Waals surface area contributed by atoms with Gasteiger partial charge in [-0.3, -0.25) is 10.2 Å². The number of amides is 1. The Kier molecular flexibility index (Phi) is 5.68. The van der Waals surface area contributed by atoms with Crippen LogP contribution in [0.2, 0.25) is 0 Å². The smallest absolute Gasteiger partial charge is 0.233 e. The normalized spacial score (nSPS) is 9.61. The number of nitrogens with zero attached hydrogens (tertiary/aromatic N) is 2. The number of hydrogen-bond donors (Lipinski definition) is 2. The van der Waals surface area contributed by atoms with Gasteiger partial charge < -0.3 is 4.90 Å². The molecule has 18 heavy (non-hydrogen) atoms. The van der Waals surface area contributed by atoms with E-state index < -0.39 is 0 Å². The number of nitrogens with two attached hydrogens (primary N) is 1. The van der Waals surface area contributed by atoms with Crippen molar-refractivity contribution in [1.29, 1.82) is 5.26 Å². The maximum Gasteiger partial charge on any atom is 0.233 e. The molecule has 0 radical (unpaired) electrons. The third kappa shape index (κ3) is 4.07. The van der Waals surface area contributed by atoms with Crippen molar-refractivity contribution >= 4 is 11.6 Å². The Balaban J connectivity index is 2.43. The zero-order valence-corrected chi connectivity index (χ0v) is 10.5. The molecule has 5 nitrogen and oxygen atoms in total. The molecule has 0 saturated heterocycles. The average molecular weight is 246 g/mol. The quantitative estimate of drug-likeness (QED) is 0.341. The Labute approximate surface area is 107 Å². The molecule has 5 heteroatoms. The highest BCUT2D eigenvalue weighted by Gasteiger charge is 2.06. The van der Waals surface area contributed by atoms with Crippen molar-refractivity contribution in [3.63, 3.8) is 0 Å². The summed E-state index contributed by atoms with van der Waals surface area (Å²) in [5.74, 6) is 4.85. The van der Waals surface area contributed by atoms with Crippen LogP contribution in [-0.4, -0.2) is 19.5 Å². The molecule has 0 fully saturated rings. The Hall–Kier alpha value is -2.06. The summed E-state index contributed by atoms with van der Waals surface area (Å²) in [5, 5.41) is 9.00. The molecule has 0 unspecified atom stereocenters. The standard InChI is InChI=1S/C13H18N4O/c1-17(9-5-4-8-13(18)16-15)12-7-3-2-6-11(12)10-14/h2-3,6-7H,4-5,8-9,15H2,1H3,(H,16,18). The number of hydrazine groups is 1. The predicted molar refractivity (Wildman–Crippen MR) is 70.6 cm³/mol. The summed E-state index contributed by atoms with van der Waals surface area (Å²) in [4.78, 5) is 13.0. The first-order valence-electron chi connectivity index (χ1n) is 5.88. The van der Waals surface area contributed by atoms with Gasteiger partial charge in [0.2, 0.25) is 5.91 Å². The van der Waals surface area contributed by atoms with E-state index in [2.05, 4.69) is 11.5 Å². The second kappa shape index (κ2) is 7.30. The second-order valence-electron chi connectivity index (χ2n) is 4.08. The second-order valence-corrected chi connectivity index (χ2v) is 4.08. The minimum atomic E-state index is -0.143. The molecule has 0 aliphatic carbocycles. The van der Waals surface area contributed by atoms with E-state index >= 15 is 0 Å². The first-order valence-corrected chi connectivity index (χ1v) is 5.88. The minimum absolute atomic E-state index is 0.143. The van der Waals surface area contributed by atoms with Gasteiger partial charge >= 0.3 is 0 Å². The Morgan fingerprint density at radius 2 is 2.17 bits per heavy atom. The van der Waals surface area contributed by atoms with Gasteiger partial charge in [-0.1, -0.05) is 12.1 Å². The van der Waals surface area contributed by atoms with E-state index in [1.165, 1.54) is 0 Å². The van der Waals surface area contributed by atoms with Gasteiger partial charge in [-0.05, 0) is 25.0 Å². The van der Waals surface area contributed by atoms with Crippen LogP contribution >= 0.6 is 0 Å². The van der Waals surface area contributed by atoms with Crippen LogP contribution in [-0.2, 0) is 4.79 Å². The van der Waals surface area contributed by atoms with Crippen molar-refractivity contribution < 1.29 is 4.79 Å². The molecule has 0 aliphatic rings. The third-order valence-electron chi connectivity index (χ3n) is 2.74. The fraction of sp³-hybridized carbons (Fsp3) is 0.385. The first kappa shape index (κ1) is 14.0. The maximum atomic E-state index is 10.9. The van der Waals surface area contributed by atoms with Gasteiger partial charge in [-0.2, -0.15) is 5.26 Å². The maximum absolute atomic E-state index is 10.9. The number of rotatable bonds is 6. The number of hydrogen-bond acceptors (Lipinski definition) is 4. The molecule has 0 spiro atoms. The first-order chi connectivity index (χ1) is 8.69. The topological polar surface area (TPSA) is 82.2 Å². The molecule has 1 rings (SSSR count). The predicted octanol–water partition coefficient (Wildman–Crippen LogP) is 1.15. The molecule has 1 amide bonds. The molecule has 0 saturated carbocycles. The highest BCUT2D eigenvalue weighted by atomic mass is 16.2. The van der Waals surface area contributed by atoms with Crippen molar-refractivity contribution in [2.75, 3.05) is 18.5 Å². The van der Waals surface area contributed by atoms with E-state index in [0.717, 1.165) is 25.1 Å². The molecular formula is C13H18N4O. The average Bonchev–Trinajstić information content (AvgIpc) is 2.42. The van der Waals surface area contributed by atoms with Crippen molar-refractivity contribution in [2.45, 2.75) is 19.3 Å². The fourth-order valence-corrected chi connectivity index (χ4v) is 1.73. The van der Waals surface area contributed by atoms with Gasteiger partial charge in [0.1, 0.15) is 6.07 Å². The van der Waals surface area contributed by atoms with E-state index in [9.17, 15) is 4.79 Å². The lowest BCUT2D eigenvalue weighted by Crippen LogP contribution is -2.29. The van der Waals surface area contributed by atoms with Gasteiger partial charge in [0.25, 0.3) is 0 Å². The van der Waals surface area contributed by atoms with Gasteiger partial charge in [0.15, 0.2) is 0 Å². The third-order valence-corrected chi connectivity index (χ3v) is 2.74. The number of anilines is 1. The highest BCUT2D eigenvalue weighted by molar-refractivity contribution is 5.75. The lowest BCUT2D eigenvalue weighted by atomic mass is 10.1. The van der Waals surface area contributed by atoms with Crippen molar-refractivity contribution in [1.82, 2.24) is 5.43 Å². The van der Waals surface area contributed by atoms with Gasteiger partial charge in [-0.15, -0.1) is 0 Å². The summed E-state index contributed by atoms with van der Waals surface area (Å²) in [5.41, 5.74) is 3.69. The van der Waals surface area contributed by atoms with Crippen LogP contribution < -0.4 is 16.2 Å². The number of para-hydroxylation sites is 1. The van der Waals surface area contributed by atoms with Crippen molar-refractivity contribution in [2.24, 2.45) is 5.84 Å². The number of unbranched alkanes of at least 4 members (excludes halogenated alkanes) is 1. The molecule has 0 atom stereocenters. The number of nitrogens with one attached hydrogen (secondary N) is 1. The summed E-state index contributed by atoms with van der Waals surface area (Å²) in [7, 11) is 1.94. The molecule has 0 aliphatic heterocycles. The summed E-state index contributed by atoms with van der Waals surface area (Å²) in [6.07, 6.45) is 2.09. The number of carbonyl (C=O) groups excluding carboxylic acids is 1. The van der Waals surface area contributed by atoms with Crippen molar-refractivity contribution in [3.05, 3.63) is 29.8 Å². The Morgan fingerprint density at radius 1 is 1.44 bits per heavy atom. The summed E-state index contributed by atoms with van der Waals surface area (Å²) < 4.78 is 0. The van der Waals surface area contributed by atoms with Crippen LogP contribution in [0, 0.1) is 11.3 Å². The lowest BCUT2D eigenvalue weighted by Gasteiger charge is -2.20. The molecule has 3 N–H and O–H groups in total.